The maximum atomic E-state index is 2.38. The maximum absolute atomic E-state index is 2.38. The Labute approximate surface area is 402 Å². The van der Waals surface area contributed by atoms with Crippen molar-refractivity contribution in [3.05, 3.63) is 273 Å². The molecule has 0 N–H and O–H groups in total. The van der Waals surface area contributed by atoms with Crippen LogP contribution in [-0.4, -0.2) is 0 Å². The van der Waals surface area contributed by atoms with Crippen molar-refractivity contribution in [3.8, 4) is 55.6 Å². The molecule has 1 nitrogen and oxygen atoms in total. The third-order valence-corrected chi connectivity index (χ3v) is 14.1. The Morgan fingerprint density at radius 2 is 0.580 bits per heavy atom. The lowest BCUT2D eigenvalue weighted by atomic mass is 9.89. The zero-order chi connectivity index (χ0) is 45.7. The zero-order valence-electron chi connectivity index (χ0n) is 37.9. The van der Waals surface area contributed by atoms with Gasteiger partial charge in [0.2, 0.25) is 0 Å². The normalized spacial score (nSPS) is 11.5. The van der Waals surface area contributed by atoms with E-state index in [1.165, 1.54) is 109 Å². The molecule has 0 aromatic heterocycles. The second kappa shape index (κ2) is 17.0. The molecule has 69 heavy (non-hydrogen) atoms. The van der Waals surface area contributed by atoms with Crippen LogP contribution in [0.25, 0.3) is 109 Å². The topological polar surface area (TPSA) is 3.24 Å². The fourth-order valence-corrected chi connectivity index (χ4v) is 10.7. The summed E-state index contributed by atoms with van der Waals surface area (Å²) < 4.78 is 0. The summed E-state index contributed by atoms with van der Waals surface area (Å²) in [4.78, 5) is 2.38. The van der Waals surface area contributed by atoms with E-state index in [9.17, 15) is 0 Å². The fraction of sp³-hybridized carbons (Fsp3) is 0. The van der Waals surface area contributed by atoms with Gasteiger partial charge >= 0.3 is 0 Å². The third-order valence-electron chi connectivity index (χ3n) is 14.1. The molecule has 0 amide bonds. The molecule has 0 saturated heterocycles. The predicted octanol–water partition coefficient (Wildman–Crippen LogP) is 19.3. The molecule has 0 fully saturated rings. The second-order valence-corrected chi connectivity index (χ2v) is 18.0. The molecule has 0 aliphatic rings. The molecule has 0 aliphatic heterocycles. The van der Waals surface area contributed by atoms with Gasteiger partial charge in [-0.25, -0.2) is 0 Å². The minimum absolute atomic E-state index is 1.09. The van der Waals surface area contributed by atoms with E-state index in [4.69, 9.17) is 0 Å². The first-order valence-corrected chi connectivity index (χ1v) is 23.8. The Balaban J connectivity index is 0.889. The van der Waals surface area contributed by atoms with E-state index in [0.29, 0.717) is 0 Å². The molecule has 1 heteroatoms. The summed E-state index contributed by atoms with van der Waals surface area (Å²) in [7, 11) is 0. The SMILES string of the molecule is c1ccc(-c2ccc3ccccc3c2-c2ccc(N(c3ccc(-c4ccc(-c5cccc6ccccc56)cc4)cc3)c3ccc(-c4ccc5c6ccccc6c6ccccc6c5c4)cc3)cc2)cc1. The van der Waals surface area contributed by atoms with Crippen LogP contribution in [0, 0.1) is 0 Å². The van der Waals surface area contributed by atoms with E-state index >= 15 is 0 Å². The summed E-state index contributed by atoms with van der Waals surface area (Å²) in [5, 5.41) is 12.7. The van der Waals surface area contributed by atoms with Gasteiger partial charge in [-0.2, -0.15) is 0 Å². The Morgan fingerprint density at radius 1 is 0.188 bits per heavy atom. The van der Waals surface area contributed by atoms with E-state index in [-0.39, 0.29) is 0 Å². The number of rotatable bonds is 8. The molecule has 0 spiro atoms. The number of hydrogen-bond donors (Lipinski definition) is 0. The first kappa shape index (κ1) is 40.3. The second-order valence-electron chi connectivity index (χ2n) is 18.0. The van der Waals surface area contributed by atoms with Crippen molar-refractivity contribution in [2.24, 2.45) is 0 Å². The molecule has 0 atom stereocenters. The van der Waals surface area contributed by atoms with Crippen molar-refractivity contribution in [2.75, 3.05) is 4.90 Å². The Bertz CT molecular complexity index is 3980. The van der Waals surface area contributed by atoms with Gasteiger partial charge < -0.3 is 4.90 Å². The number of anilines is 3. The average Bonchev–Trinajstić information content (AvgIpc) is 3.43. The molecule has 0 saturated carbocycles. The van der Waals surface area contributed by atoms with Crippen LogP contribution in [0.5, 0.6) is 0 Å². The zero-order valence-corrected chi connectivity index (χ0v) is 37.9. The van der Waals surface area contributed by atoms with Gasteiger partial charge in [0.1, 0.15) is 0 Å². The fourth-order valence-electron chi connectivity index (χ4n) is 10.7. The van der Waals surface area contributed by atoms with Gasteiger partial charge in [0.05, 0.1) is 0 Å². The van der Waals surface area contributed by atoms with Gasteiger partial charge in [-0.3, -0.25) is 0 Å². The molecule has 0 heterocycles. The van der Waals surface area contributed by atoms with Gasteiger partial charge in [-0.05, 0) is 152 Å². The van der Waals surface area contributed by atoms with Crippen molar-refractivity contribution < 1.29 is 0 Å². The van der Waals surface area contributed by atoms with Crippen molar-refractivity contribution in [3.63, 3.8) is 0 Å². The predicted molar refractivity (Wildman–Crippen MR) is 296 cm³/mol. The van der Waals surface area contributed by atoms with Crippen molar-refractivity contribution >= 4 is 70.9 Å². The van der Waals surface area contributed by atoms with Crippen LogP contribution >= 0.6 is 0 Å². The maximum Gasteiger partial charge on any atom is 0.0462 e. The average molecular weight is 876 g/mol. The number of hydrogen-bond acceptors (Lipinski definition) is 1. The van der Waals surface area contributed by atoms with Crippen LogP contribution < -0.4 is 4.90 Å². The first-order chi connectivity index (χ1) is 34.2. The Hall–Kier alpha value is -9.04. The van der Waals surface area contributed by atoms with Gasteiger partial charge in [0.15, 0.2) is 0 Å². The van der Waals surface area contributed by atoms with Crippen molar-refractivity contribution in [2.45, 2.75) is 0 Å². The van der Waals surface area contributed by atoms with E-state index in [2.05, 4.69) is 278 Å². The highest BCUT2D eigenvalue weighted by Crippen LogP contribution is 2.43. The number of fused-ring (bicyclic) bond motifs is 8. The Morgan fingerprint density at radius 3 is 1.17 bits per heavy atom. The summed E-state index contributed by atoms with van der Waals surface area (Å²) >= 11 is 0. The lowest BCUT2D eigenvalue weighted by Gasteiger charge is -2.26. The Kier molecular flexibility index (Phi) is 9.91. The van der Waals surface area contributed by atoms with E-state index in [1.54, 1.807) is 0 Å². The van der Waals surface area contributed by atoms with E-state index < -0.39 is 0 Å². The highest BCUT2D eigenvalue weighted by Gasteiger charge is 2.17. The molecule has 0 aliphatic carbocycles. The monoisotopic (exact) mass is 875 g/mol. The minimum atomic E-state index is 1.09. The highest BCUT2D eigenvalue weighted by molar-refractivity contribution is 6.25. The highest BCUT2D eigenvalue weighted by atomic mass is 15.1. The van der Waals surface area contributed by atoms with Crippen LogP contribution in [0.2, 0.25) is 0 Å². The summed E-state index contributed by atoms with van der Waals surface area (Å²) in [6.45, 7) is 0. The standard InChI is InChI=1S/C68H45N/c1-2-13-50(14-3-1)61-43-35-51-16-5-7-19-60(51)68(61)53-33-41-57(42-34-53)69(55-37-29-47(30-38-55)46-25-27-52(28-26-46)59-24-12-17-49-15-4-6-18-58(49)59)56-39-31-48(32-40-56)54-36-44-66-64-22-9-8-20-62(64)63-21-10-11-23-65(63)67(66)45-54/h1-45H. The summed E-state index contributed by atoms with van der Waals surface area (Å²) in [6, 6.07) is 99.9. The quantitative estimate of drug-likeness (QED) is 0.138. The van der Waals surface area contributed by atoms with Gasteiger partial charge in [0.25, 0.3) is 0 Å². The number of nitrogens with zero attached hydrogens (tertiary/aromatic N) is 1. The molecule has 0 bridgehead atoms. The van der Waals surface area contributed by atoms with Crippen LogP contribution in [0.15, 0.2) is 273 Å². The van der Waals surface area contributed by atoms with Crippen LogP contribution in [0.1, 0.15) is 0 Å². The summed E-state index contributed by atoms with van der Waals surface area (Å²) in [5.74, 6) is 0. The minimum Gasteiger partial charge on any atom is -0.311 e. The summed E-state index contributed by atoms with van der Waals surface area (Å²) in [5.41, 5.74) is 15.3. The molecule has 322 valence electrons. The molecule has 13 aromatic carbocycles. The first-order valence-electron chi connectivity index (χ1n) is 23.8. The van der Waals surface area contributed by atoms with Crippen LogP contribution in [0.4, 0.5) is 17.1 Å². The van der Waals surface area contributed by atoms with E-state index in [0.717, 1.165) is 17.1 Å². The molecule has 13 rings (SSSR count). The third kappa shape index (κ3) is 7.20. The van der Waals surface area contributed by atoms with Crippen molar-refractivity contribution in [1.82, 2.24) is 0 Å². The smallest absolute Gasteiger partial charge is 0.0462 e. The molecular formula is C68H45N. The lowest BCUT2D eigenvalue weighted by Crippen LogP contribution is -2.09. The molecule has 0 radical (unpaired) electrons. The van der Waals surface area contributed by atoms with Crippen LogP contribution in [-0.2, 0) is 0 Å². The van der Waals surface area contributed by atoms with Gasteiger partial charge in [0, 0.05) is 17.1 Å². The molecular weight excluding hydrogens is 831 g/mol. The van der Waals surface area contributed by atoms with Gasteiger partial charge in [-0.1, -0.05) is 231 Å². The molecule has 13 aromatic rings. The van der Waals surface area contributed by atoms with E-state index in [1.807, 2.05) is 0 Å². The molecule has 0 unspecified atom stereocenters. The van der Waals surface area contributed by atoms with Crippen LogP contribution in [0.3, 0.4) is 0 Å². The lowest BCUT2D eigenvalue weighted by molar-refractivity contribution is 1.28. The van der Waals surface area contributed by atoms with Crippen molar-refractivity contribution in [1.29, 1.82) is 0 Å². The summed E-state index contributed by atoms with van der Waals surface area (Å²) in [6.07, 6.45) is 0. The number of benzene rings is 13. The largest absolute Gasteiger partial charge is 0.311 e. The van der Waals surface area contributed by atoms with Gasteiger partial charge in [-0.15, -0.1) is 0 Å².